The Hall–Kier alpha value is -2.91. The van der Waals surface area contributed by atoms with E-state index in [1.165, 1.54) is 28.9 Å². The van der Waals surface area contributed by atoms with Crippen molar-refractivity contribution in [2.24, 2.45) is 0 Å². The van der Waals surface area contributed by atoms with Crippen LogP contribution in [-0.2, 0) is 6.18 Å². The summed E-state index contributed by atoms with van der Waals surface area (Å²) in [6.07, 6.45) is -4.48. The van der Waals surface area contributed by atoms with Gasteiger partial charge in [-0.15, -0.1) is 11.3 Å². The van der Waals surface area contributed by atoms with Crippen LogP contribution in [-0.4, -0.2) is 15.7 Å². The maximum Gasteiger partial charge on any atom is 0.416 e. The lowest BCUT2D eigenvalue weighted by molar-refractivity contribution is -0.137. The van der Waals surface area contributed by atoms with Gasteiger partial charge in [-0.1, -0.05) is 17.7 Å². The molecule has 30 heavy (non-hydrogen) atoms. The zero-order valence-electron chi connectivity index (χ0n) is 15.2. The van der Waals surface area contributed by atoms with E-state index in [2.05, 4.69) is 10.4 Å². The number of nitrogens with one attached hydrogen (secondary N) is 1. The lowest BCUT2D eigenvalue weighted by Crippen LogP contribution is -2.10. The van der Waals surface area contributed by atoms with E-state index in [-0.39, 0.29) is 10.7 Å². The molecule has 0 aliphatic heterocycles. The summed E-state index contributed by atoms with van der Waals surface area (Å²) in [5.41, 5.74) is 0.341. The number of rotatable bonds is 3. The smallest absolute Gasteiger partial charge is 0.321 e. The van der Waals surface area contributed by atoms with Gasteiger partial charge in [0.05, 0.1) is 26.8 Å². The first kappa shape index (κ1) is 20.4. The third-order valence-electron chi connectivity index (χ3n) is 4.36. The van der Waals surface area contributed by atoms with Crippen LogP contribution in [0, 0.1) is 12.7 Å². The molecule has 2 aromatic heterocycles. The Labute approximate surface area is 176 Å². The van der Waals surface area contributed by atoms with Crippen LogP contribution in [0.3, 0.4) is 0 Å². The molecule has 2 heterocycles. The summed E-state index contributed by atoms with van der Waals surface area (Å²) < 4.78 is 53.9. The van der Waals surface area contributed by atoms with E-state index in [4.69, 9.17) is 11.6 Å². The predicted molar refractivity (Wildman–Crippen MR) is 108 cm³/mol. The average molecular weight is 454 g/mol. The normalized spacial score (nSPS) is 11.8. The molecule has 1 N–H and O–H groups in total. The van der Waals surface area contributed by atoms with Crippen molar-refractivity contribution in [3.8, 4) is 5.69 Å². The molecule has 0 spiro atoms. The average Bonchev–Trinajstić information content (AvgIpc) is 3.25. The number of carbonyl (C=O) groups excluding carboxylic acids is 1. The number of benzene rings is 2. The van der Waals surface area contributed by atoms with Crippen molar-refractivity contribution in [3.63, 3.8) is 0 Å². The second-order valence-electron chi connectivity index (χ2n) is 6.46. The highest BCUT2D eigenvalue weighted by Gasteiger charge is 2.31. The van der Waals surface area contributed by atoms with Gasteiger partial charge in [0.15, 0.2) is 0 Å². The van der Waals surface area contributed by atoms with Gasteiger partial charge in [0.25, 0.3) is 5.91 Å². The van der Waals surface area contributed by atoms with Gasteiger partial charge in [0.2, 0.25) is 0 Å². The van der Waals surface area contributed by atoms with Crippen LogP contribution in [0.25, 0.3) is 15.9 Å². The number of aryl methyl sites for hydroxylation is 1. The Kier molecular flexibility index (Phi) is 5.03. The first-order chi connectivity index (χ1) is 14.1. The van der Waals surface area contributed by atoms with Gasteiger partial charge in [-0.05, 0) is 49.4 Å². The number of thiophene rings is 1. The number of halogens is 5. The van der Waals surface area contributed by atoms with E-state index >= 15 is 0 Å². The van der Waals surface area contributed by atoms with Crippen LogP contribution in [0.1, 0.15) is 20.9 Å². The van der Waals surface area contributed by atoms with Gasteiger partial charge in [-0.3, -0.25) is 4.79 Å². The quantitative estimate of drug-likeness (QED) is 0.362. The van der Waals surface area contributed by atoms with Gasteiger partial charge < -0.3 is 5.32 Å². The molecule has 4 rings (SSSR count). The largest absolute Gasteiger partial charge is 0.416 e. The summed E-state index contributed by atoms with van der Waals surface area (Å²) in [5.74, 6) is -1.05. The number of alkyl halides is 3. The van der Waals surface area contributed by atoms with E-state index < -0.39 is 23.5 Å². The molecule has 0 aliphatic carbocycles. The van der Waals surface area contributed by atoms with Crippen molar-refractivity contribution in [1.82, 2.24) is 9.78 Å². The molecule has 0 unspecified atom stereocenters. The molecule has 2 aromatic carbocycles. The Morgan fingerprint density at radius 1 is 1.17 bits per heavy atom. The van der Waals surface area contributed by atoms with E-state index in [1.807, 2.05) is 0 Å². The Morgan fingerprint density at radius 2 is 1.93 bits per heavy atom. The molecule has 4 nitrogen and oxygen atoms in total. The van der Waals surface area contributed by atoms with E-state index in [0.717, 1.165) is 29.5 Å². The molecule has 10 heteroatoms. The molecule has 154 valence electrons. The number of fused-ring (bicyclic) bond motifs is 1. The highest BCUT2D eigenvalue weighted by Crippen LogP contribution is 2.34. The third-order valence-corrected chi connectivity index (χ3v) is 5.76. The Bertz CT molecular complexity index is 1280. The fraction of sp³-hybridized carbons (Fsp3) is 0.100. The Balaban J connectivity index is 1.70. The van der Waals surface area contributed by atoms with Crippen molar-refractivity contribution >= 4 is 44.7 Å². The maximum absolute atomic E-state index is 13.3. The molecule has 0 saturated carbocycles. The molecule has 0 saturated heterocycles. The monoisotopic (exact) mass is 453 g/mol. The SMILES string of the molecule is Cc1nn(-c2cccc(C(F)(F)F)c2)c2sc(C(=O)Nc3ccc(F)c(Cl)c3)cc12. The molecular weight excluding hydrogens is 442 g/mol. The van der Waals surface area contributed by atoms with Crippen LogP contribution in [0.4, 0.5) is 23.2 Å². The van der Waals surface area contributed by atoms with Crippen LogP contribution in [0.5, 0.6) is 0 Å². The summed E-state index contributed by atoms with van der Waals surface area (Å²) in [4.78, 5) is 13.5. The first-order valence-electron chi connectivity index (χ1n) is 8.56. The molecule has 0 bridgehead atoms. The maximum atomic E-state index is 13.3. The number of hydrogen-bond donors (Lipinski definition) is 1. The fourth-order valence-corrected chi connectivity index (χ4v) is 4.17. The number of anilines is 1. The Morgan fingerprint density at radius 3 is 2.63 bits per heavy atom. The van der Waals surface area contributed by atoms with Gasteiger partial charge in [0, 0.05) is 11.1 Å². The predicted octanol–water partition coefficient (Wildman–Crippen LogP) is 6.46. The summed E-state index contributed by atoms with van der Waals surface area (Å²) in [6.45, 7) is 1.71. The molecule has 0 atom stereocenters. The van der Waals surface area contributed by atoms with Crippen LogP contribution in [0.15, 0.2) is 48.5 Å². The standard InChI is InChI=1S/C20H12ClF4N3OS/c1-10-14-9-17(18(29)26-12-5-6-16(22)15(21)8-12)30-19(14)28(27-10)13-4-2-3-11(7-13)20(23,24)25/h2-9H,1H3,(H,26,29). The molecule has 0 radical (unpaired) electrons. The van der Waals surface area contributed by atoms with Gasteiger partial charge in [-0.25, -0.2) is 9.07 Å². The van der Waals surface area contributed by atoms with Crippen molar-refractivity contribution in [2.45, 2.75) is 13.1 Å². The molecule has 4 aromatic rings. The van der Waals surface area contributed by atoms with Crippen LogP contribution in [0.2, 0.25) is 5.02 Å². The second-order valence-corrected chi connectivity index (χ2v) is 7.90. The second kappa shape index (κ2) is 7.41. The lowest BCUT2D eigenvalue weighted by atomic mass is 10.2. The summed E-state index contributed by atoms with van der Waals surface area (Å²) >= 11 is 6.82. The van der Waals surface area contributed by atoms with Gasteiger partial charge >= 0.3 is 6.18 Å². The minimum Gasteiger partial charge on any atom is -0.321 e. The van der Waals surface area contributed by atoms with E-state index in [0.29, 0.717) is 26.5 Å². The number of nitrogens with zero attached hydrogens (tertiary/aromatic N) is 2. The van der Waals surface area contributed by atoms with Crippen LogP contribution < -0.4 is 5.32 Å². The first-order valence-corrected chi connectivity index (χ1v) is 9.76. The molecule has 0 fully saturated rings. The van der Waals surface area contributed by atoms with Crippen molar-refractivity contribution in [2.75, 3.05) is 5.32 Å². The highest BCUT2D eigenvalue weighted by molar-refractivity contribution is 7.20. The number of amides is 1. The molecule has 0 aliphatic rings. The van der Waals surface area contributed by atoms with Crippen LogP contribution >= 0.6 is 22.9 Å². The molecule has 1 amide bonds. The van der Waals surface area contributed by atoms with Crippen molar-refractivity contribution < 1.29 is 22.4 Å². The number of carbonyl (C=O) groups is 1. The third kappa shape index (κ3) is 3.78. The minimum absolute atomic E-state index is 0.125. The minimum atomic E-state index is -4.48. The fourth-order valence-electron chi connectivity index (χ4n) is 2.91. The summed E-state index contributed by atoms with van der Waals surface area (Å²) in [6, 6.07) is 10.2. The topological polar surface area (TPSA) is 46.9 Å². The number of hydrogen-bond acceptors (Lipinski definition) is 3. The van der Waals surface area contributed by atoms with E-state index in [1.54, 1.807) is 13.0 Å². The van der Waals surface area contributed by atoms with E-state index in [9.17, 15) is 22.4 Å². The molecular formula is C20H12ClF4N3OS. The zero-order valence-corrected chi connectivity index (χ0v) is 16.8. The summed E-state index contributed by atoms with van der Waals surface area (Å²) in [5, 5.41) is 7.47. The van der Waals surface area contributed by atoms with Crippen molar-refractivity contribution in [3.05, 3.63) is 75.5 Å². The van der Waals surface area contributed by atoms with Crippen molar-refractivity contribution in [1.29, 1.82) is 0 Å². The lowest BCUT2D eigenvalue weighted by Gasteiger charge is -2.09. The van der Waals surface area contributed by atoms with Gasteiger partial charge in [0.1, 0.15) is 10.6 Å². The summed E-state index contributed by atoms with van der Waals surface area (Å²) in [7, 11) is 0. The zero-order chi connectivity index (χ0) is 21.6. The highest BCUT2D eigenvalue weighted by atomic mass is 35.5. The number of aromatic nitrogens is 2. The van der Waals surface area contributed by atoms with Gasteiger partial charge in [-0.2, -0.15) is 18.3 Å².